The highest BCUT2D eigenvalue weighted by molar-refractivity contribution is 5.88. The van der Waals surface area contributed by atoms with Gasteiger partial charge in [0.2, 0.25) is 0 Å². The monoisotopic (exact) mass is 453 g/mol. The smallest absolute Gasteiger partial charge is 0.335 e. The minimum absolute atomic E-state index is 0.241. The van der Waals surface area contributed by atoms with Crippen molar-refractivity contribution < 1.29 is 9.90 Å². The largest absolute Gasteiger partial charge is 0.478 e. The molecule has 1 N–H and O–H groups in total. The molecule has 0 aliphatic carbocycles. The van der Waals surface area contributed by atoms with Gasteiger partial charge in [-0.2, -0.15) is 5.26 Å². The number of carbonyl (C=O) groups is 1. The molecule has 5 rings (SSSR count). The number of anilines is 1. The Morgan fingerprint density at radius 3 is 2.62 bits per heavy atom. The highest BCUT2D eigenvalue weighted by Crippen LogP contribution is 2.38. The van der Waals surface area contributed by atoms with Crippen LogP contribution >= 0.6 is 0 Å². The second kappa shape index (κ2) is 8.47. The lowest BCUT2D eigenvalue weighted by Gasteiger charge is -2.34. The summed E-state index contributed by atoms with van der Waals surface area (Å²) in [5.74, 6) is 0.131. The molecule has 1 atom stereocenters. The SMILES string of the molecule is Cc1c(Cc2ccc(C(=O)O)cc2)c(N2CCCC2N(C)C)n2c(nc3ccccc32)c1C#N. The summed E-state index contributed by atoms with van der Waals surface area (Å²) < 4.78 is 2.16. The molecule has 1 saturated heterocycles. The highest BCUT2D eigenvalue weighted by atomic mass is 16.4. The van der Waals surface area contributed by atoms with Crippen molar-refractivity contribution in [2.75, 3.05) is 25.5 Å². The topological polar surface area (TPSA) is 84.9 Å². The summed E-state index contributed by atoms with van der Waals surface area (Å²) in [6.07, 6.45) is 2.98. The Morgan fingerprint density at radius 2 is 1.94 bits per heavy atom. The lowest BCUT2D eigenvalue weighted by Crippen LogP contribution is -2.42. The fourth-order valence-corrected chi connectivity index (χ4v) is 5.18. The van der Waals surface area contributed by atoms with Crippen LogP contribution in [0.2, 0.25) is 0 Å². The molecule has 2 aromatic heterocycles. The number of aromatic carboxylic acids is 1. The number of benzene rings is 2. The Morgan fingerprint density at radius 1 is 1.21 bits per heavy atom. The van der Waals surface area contributed by atoms with Gasteiger partial charge < -0.3 is 10.0 Å². The molecule has 0 saturated carbocycles. The Balaban J connectivity index is 1.81. The number of aromatic nitrogens is 2. The number of imidazole rings is 1. The Hall–Kier alpha value is -3.89. The number of hydrogen-bond acceptors (Lipinski definition) is 5. The second-order valence-corrected chi connectivity index (χ2v) is 9.13. The normalized spacial score (nSPS) is 16.0. The third-order valence-electron chi connectivity index (χ3n) is 6.88. The van der Waals surface area contributed by atoms with Crippen molar-refractivity contribution in [3.63, 3.8) is 0 Å². The van der Waals surface area contributed by atoms with Crippen LogP contribution in [0.15, 0.2) is 48.5 Å². The minimum Gasteiger partial charge on any atom is -0.478 e. The summed E-state index contributed by atoms with van der Waals surface area (Å²) in [7, 11) is 4.21. The number of nitriles is 1. The standard InChI is InChI=1S/C27H27N5O2/c1-17-20(15-18-10-12-19(13-11-18)27(33)34)26(31-14-6-9-24(31)30(2)3)32-23-8-5-4-7-22(23)29-25(32)21(17)16-28/h4-5,7-8,10-13,24H,6,9,14-15H2,1-3H3,(H,33,34). The molecule has 4 aromatic rings. The lowest BCUT2D eigenvalue weighted by molar-refractivity contribution is 0.0697. The molecule has 1 unspecified atom stereocenters. The number of pyridine rings is 1. The summed E-state index contributed by atoms with van der Waals surface area (Å²) in [6.45, 7) is 2.92. The van der Waals surface area contributed by atoms with Gasteiger partial charge in [-0.25, -0.2) is 9.78 Å². The third-order valence-corrected chi connectivity index (χ3v) is 6.88. The molecule has 0 amide bonds. The molecule has 2 aromatic carbocycles. The van der Waals surface area contributed by atoms with Crippen molar-refractivity contribution in [1.29, 1.82) is 5.26 Å². The van der Waals surface area contributed by atoms with Crippen LogP contribution in [0.4, 0.5) is 5.82 Å². The van der Waals surface area contributed by atoms with Gasteiger partial charge in [0.05, 0.1) is 28.3 Å². The number of rotatable bonds is 5. The third kappa shape index (κ3) is 3.47. The molecule has 3 heterocycles. The Labute approximate surface area is 198 Å². The van der Waals surface area contributed by atoms with Crippen LogP contribution < -0.4 is 4.90 Å². The molecule has 1 fully saturated rings. The van der Waals surface area contributed by atoms with E-state index in [1.165, 1.54) is 0 Å². The first-order valence-corrected chi connectivity index (χ1v) is 11.5. The summed E-state index contributed by atoms with van der Waals surface area (Å²) >= 11 is 0. The Kier molecular flexibility index (Phi) is 5.46. The molecule has 1 aliphatic heterocycles. The van der Waals surface area contributed by atoms with Crippen LogP contribution in [-0.4, -0.2) is 52.2 Å². The van der Waals surface area contributed by atoms with Crippen LogP contribution in [0.1, 0.15) is 45.5 Å². The average Bonchev–Trinajstić information content (AvgIpc) is 3.45. The van der Waals surface area contributed by atoms with Gasteiger partial charge in [-0.15, -0.1) is 0 Å². The quantitative estimate of drug-likeness (QED) is 0.481. The number of para-hydroxylation sites is 2. The summed E-state index contributed by atoms with van der Waals surface area (Å²) in [5.41, 5.74) is 6.38. The predicted octanol–water partition coefficient (Wildman–Crippen LogP) is 4.44. The van der Waals surface area contributed by atoms with Gasteiger partial charge in [0, 0.05) is 18.5 Å². The van der Waals surface area contributed by atoms with E-state index < -0.39 is 5.97 Å². The number of hydrogen-bond donors (Lipinski definition) is 1. The van der Waals surface area contributed by atoms with E-state index in [-0.39, 0.29) is 11.7 Å². The van der Waals surface area contributed by atoms with Crippen LogP contribution in [0.25, 0.3) is 16.7 Å². The van der Waals surface area contributed by atoms with E-state index in [0.717, 1.165) is 52.9 Å². The first-order chi connectivity index (χ1) is 16.4. The van der Waals surface area contributed by atoms with Gasteiger partial charge >= 0.3 is 5.97 Å². The van der Waals surface area contributed by atoms with Gasteiger partial charge in [0.15, 0.2) is 5.65 Å². The van der Waals surface area contributed by atoms with Crippen LogP contribution in [0, 0.1) is 18.3 Å². The van der Waals surface area contributed by atoms with Gasteiger partial charge in [-0.05, 0) is 69.3 Å². The van der Waals surface area contributed by atoms with Crippen molar-refractivity contribution in [3.8, 4) is 6.07 Å². The number of fused-ring (bicyclic) bond motifs is 3. The number of nitrogens with zero attached hydrogens (tertiary/aromatic N) is 5. The molecule has 0 radical (unpaired) electrons. The second-order valence-electron chi connectivity index (χ2n) is 9.13. The van der Waals surface area contributed by atoms with E-state index in [9.17, 15) is 15.2 Å². The fraction of sp³-hybridized carbons (Fsp3) is 0.296. The van der Waals surface area contributed by atoms with Crippen molar-refractivity contribution in [2.24, 2.45) is 0 Å². The molecule has 34 heavy (non-hydrogen) atoms. The fourth-order valence-electron chi connectivity index (χ4n) is 5.18. The van der Waals surface area contributed by atoms with Crippen molar-refractivity contribution in [1.82, 2.24) is 14.3 Å². The number of carboxylic acids is 1. The molecule has 7 nitrogen and oxygen atoms in total. The number of carboxylic acid groups (broad SMARTS) is 1. The highest BCUT2D eigenvalue weighted by Gasteiger charge is 2.32. The molecule has 0 bridgehead atoms. The van der Waals surface area contributed by atoms with E-state index in [2.05, 4.69) is 40.4 Å². The predicted molar refractivity (Wildman–Crippen MR) is 132 cm³/mol. The zero-order valence-corrected chi connectivity index (χ0v) is 19.6. The summed E-state index contributed by atoms with van der Waals surface area (Å²) in [4.78, 5) is 20.9. The first-order valence-electron chi connectivity index (χ1n) is 11.5. The van der Waals surface area contributed by atoms with Crippen molar-refractivity contribution in [2.45, 2.75) is 32.4 Å². The molecule has 1 aliphatic rings. The van der Waals surface area contributed by atoms with Crippen molar-refractivity contribution in [3.05, 3.63) is 76.3 Å². The molecular formula is C27H27N5O2. The maximum Gasteiger partial charge on any atom is 0.335 e. The van der Waals surface area contributed by atoms with Crippen LogP contribution in [0.3, 0.4) is 0 Å². The van der Waals surface area contributed by atoms with Gasteiger partial charge in [0.25, 0.3) is 0 Å². The zero-order valence-electron chi connectivity index (χ0n) is 19.6. The van der Waals surface area contributed by atoms with Gasteiger partial charge in [0.1, 0.15) is 11.9 Å². The van der Waals surface area contributed by atoms with Gasteiger partial charge in [-0.3, -0.25) is 9.30 Å². The molecular weight excluding hydrogens is 426 g/mol. The first kappa shape index (κ1) is 21.9. The van der Waals surface area contributed by atoms with Gasteiger partial charge in [-0.1, -0.05) is 24.3 Å². The summed E-state index contributed by atoms with van der Waals surface area (Å²) in [6, 6.07) is 17.4. The maximum atomic E-state index is 11.3. The minimum atomic E-state index is -0.938. The van der Waals surface area contributed by atoms with Crippen molar-refractivity contribution >= 4 is 28.5 Å². The molecule has 7 heteroatoms. The van der Waals surface area contributed by atoms with E-state index in [1.807, 2.05) is 37.3 Å². The van der Waals surface area contributed by atoms with Crippen LogP contribution in [-0.2, 0) is 6.42 Å². The summed E-state index contributed by atoms with van der Waals surface area (Å²) in [5, 5.41) is 19.4. The zero-order chi connectivity index (χ0) is 24.0. The molecule has 0 spiro atoms. The van der Waals surface area contributed by atoms with E-state index in [0.29, 0.717) is 17.6 Å². The molecule has 172 valence electrons. The maximum absolute atomic E-state index is 11.3. The average molecular weight is 454 g/mol. The lowest BCUT2D eigenvalue weighted by atomic mass is 9.96. The van der Waals surface area contributed by atoms with E-state index in [1.54, 1.807) is 12.1 Å². The Bertz CT molecular complexity index is 1450. The van der Waals surface area contributed by atoms with E-state index >= 15 is 0 Å². The van der Waals surface area contributed by atoms with Crippen LogP contribution in [0.5, 0.6) is 0 Å². The van der Waals surface area contributed by atoms with E-state index in [4.69, 9.17) is 4.98 Å².